The van der Waals surface area contributed by atoms with Crippen molar-refractivity contribution in [1.82, 2.24) is 10.6 Å². The van der Waals surface area contributed by atoms with Gasteiger partial charge in [0.1, 0.15) is 11.7 Å². The van der Waals surface area contributed by atoms with E-state index in [9.17, 15) is 9.59 Å². The van der Waals surface area contributed by atoms with Gasteiger partial charge in [-0.2, -0.15) is 0 Å². The van der Waals surface area contributed by atoms with Crippen LogP contribution in [-0.4, -0.2) is 49.7 Å². The molecule has 5 rings (SSSR count). The molecule has 3 aromatic rings. The molecular weight excluding hydrogens is 535 g/mol. The Morgan fingerprint density at radius 1 is 0.676 bits per heavy atom. The van der Waals surface area contributed by atoms with Crippen molar-refractivity contribution in [3.05, 3.63) is 93.0 Å². The summed E-state index contributed by atoms with van der Waals surface area (Å²) in [5.74, 6) is 0.814. The zero-order valence-electron chi connectivity index (χ0n) is 19.5. The number of amides is 2. The van der Waals surface area contributed by atoms with Crippen molar-refractivity contribution in [3.8, 4) is 0 Å². The highest BCUT2D eigenvalue weighted by atomic mass is 35.5. The van der Waals surface area contributed by atoms with E-state index >= 15 is 0 Å². The van der Waals surface area contributed by atoms with Gasteiger partial charge in [0.15, 0.2) is 0 Å². The predicted octanol–water partition coefficient (Wildman–Crippen LogP) is 4.62. The molecule has 0 atom stereocenters. The lowest BCUT2D eigenvalue weighted by Crippen LogP contribution is -2.19. The molecule has 4 N–H and O–H groups in total. The van der Waals surface area contributed by atoms with E-state index in [1.54, 1.807) is 24.3 Å². The summed E-state index contributed by atoms with van der Waals surface area (Å²) in [6.45, 7) is 3.14. The Hall–Kier alpha value is -3.59. The monoisotopic (exact) mass is 556 g/mol. The van der Waals surface area contributed by atoms with Gasteiger partial charge in [0.05, 0.1) is 34.3 Å². The number of benzene rings is 3. The molecule has 2 aliphatic rings. The third kappa shape index (κ3) is 6.05. The number of hydrogen-bond acceptors (Lipinski definition) is 6. The molecule has 0 unspecified atom stereocenters. The Bertz CT molecular complexity index is 1280. The maximum atomic E-state index is 12.8. The maximum Gasteiger partial charge on any atom is 0.257 e. The highest BCUT2D eigenvalue weighted by molar-refractivity contribution is 6.38. The van der Waals surface area contributed by atoms with E-state index in [0.29, 0.717) is 11.4 Å². The summed E-state index contributed by atoms with van der Waals surface area (Å²) in [4.78, 5) is 34.4. The summed E-state index contributed by atoms with van der Waals surface area (Å²) in [6, 6.07) is 17.4. The van der Waals surface area contributed by atoms with Gasteiger partial charge in [-0.3, -0.25) is 19.6 Å². The van der Waals surface area contributed by atoms with E-state index in [4.69, 9.17) is 23.2 Å². The molecule has 0 saturated carbocycles. The van der Waals surface area contributed by atoms with Crippen LogP contribution in [0.25, 0.3) is 0 Å². The van der Waals surface area contributed by atoms with Crippen molar-refractivity contribution >= 4 is 70.5 Å². The minimum Gasteiger partial charge on any atom is -0.368 e. The van der Waals surface area contributed by atoms with Gasteiger partial charge in [-0.25, -0.2) is 0 Å². The van der Waals surface area contributed by atoms with Crippen LogP contribution in [-0.2, 0) is 0 Å². The first-order valence-electron chi connectivity index (χ1n) is 11.4. The number of nitrogens with zero attached hydrogens (tertiary/aromatic N) is 2. The van der Waals surface area contributed by atoms with Gasteiger partial charge >= 0.3 is 0 Å². The van der Waals surface area contributed by atoms with E-state index in [2.05, 4.69) is 31.3 Å². The van der Waals surface area contributed by atoms with Gasteiger partial charge in [-0.15, -0.1) is 12.4 Å². The van der Waals surface area contributed by atoms with Crippen LogP contribution < -0.4 is 21.3 Å². The van der Waals surface area contributed by atoms with E-state index in [1.807, 2.05) is 24.3 Å². The molecule has 2 aliphatic heterocycles. The van der Waals surface area contributed by atoms with Crippen molar-refractivity contribution in [3.63, 3.8) is 0 Å². The minimum absolute atomic E-state index is 0. The maximum absolute atomic E-state index is 12.8. The fourth-order valence-corrected chi connectivity index (χ4v) is 4.40. The third-order valence-corrected chi connectivity index (χ3v) is 6.35. The predicted molar refractivity (Wildman–Crippen MR) is 151 cm³/mol. The summed E-state index contributed by atoms with van der Waals surface area (Å²) in [7, 11) is 0. The van der Waals surface area contributed by atoms with E-state index in [0.717, 1.165) is 49.0 Å². The van der Waals surface area contributed by atoms with Gasteiger partial charge in [-0.1, -0.05) is 23.2 Å². The fraction of sp³-hybridized carbons (Fsp3) is 0.154. The molecule has 2 heterocycles. The number of amidine groups is 2. The molecule has 8 nitrogen and oxygen atoms in total. The zero-order valence-corrected chi connectivity index (χ0v) is 21.8. The normalized spacial score (nSPS) is 14.0. The van der Waals surface area contributed by atoms with Crippen molar-refractivity contribution < 1.29 is 9.59 Å². The van der Waals surface area contributed by atoms with Gasteiger partial charge < -0.3 is 21.3 Å². The molecule has 37 heavy (non-hydrogen) atoms. The molecule has 11 heteroatoms. The molecule has 0 saturated heterocycles. The number of halogens is 3. The van der Waals surface area contributed by atoms with Crippen molar-refractivity contribution in [1.29, 1.82) is 0 Å². The van der Waals surface area contributed by atoms with Gasteiger partial charge in [-0.05, 0) is 60.7 Å². The summed E-state index contributed by atoms with van der Waals surface area (Å²) < 4.78 is 0. The highest BCUT2D eigenvalue weighted by Gasteiger charge is 2.19. The molecule has 0 aromatic heterocycles. The minimum atomic E-state index is -0.433. The Labute approximate surface area is 230 Å². The van der Waals surface area contributed by atoms with Crippen LogP contribution in [0, 0.1) is 0 Å². The van der Waals surface area contributed by atoms with Crippen LogP contribution in [0.1, 0.15) is 31.8 Å². The average molecular weight is 558 g/mol. The topological polar surface area (TPSA) is 107 Å². The SMILES string of the molecule is Cl.O=C(Nc1ccc(C2=NCCN2)cc1)c1cc(Cl)c(C(=O)Nc2ccc(C3=NCCN3)cc2)cc1Cl. The van der Waals surface area contributed by atoms with Crippen LogP contribution in [0.15, 0.2) is 70.6 Å². The zero-order chi connectivity index (χ0) is 25.1. The van der Waals surface area contributed by atoms with Crippen LogP contribution >= 0.6 is 35.6 Å². The van der Waals surface area contributed by atoms with Gasteiger partial charge in [0.25, 0.3) is 11.8 Å². The van der Waals surface area contributed by atoms with E-state index in [1.165, 1.54) is 12.1 Å². The Balaban J connectivity index is 0.00000320. The van der Waals surface area contributed by atoms with Gasteiger partial charge in [0.2, 0.25) is 0 Å². The lowest BCUT2D eigenvalue weighted by molar-refractivity contribution is 0.101. The molecule has 0 spiro atoms. The largest absolute Gasteiger partial charge is 0.368 e. The van der Waals surface area contributed by atoms with Crippen molar-refractivity contribution in [2.45, 2.75) is 0 Å². The molecule has 0 aliphatic carbocycles. The van der Waals surface area contributed by atoms with Crippen LogP contribution in [0.2, 0.25) is 10.0 Å². The Morgan fingerprint density at radius 2 is 1.05 bits per heavy atom. The lowest BCUT2D eigenvalue weighted by atomic mass is 10.1. The number of rotatable bonds is 6. The van der Waals surface area contributed by atoms with E-state index < -0.39 is 11.8 Å². The quantitative estimate of drug-likeness (QED) is 0.355. The number of nitrogens with one attached hydrogen (secondary N) is 4. The molecule has 0 bridgehead atoms. The lowest BCUT2D eigenvalue weighted by Gasteiger charge is -2.12. The fourth-order valence-electron chi connectivity index (χ4n) is 3.90. The molecule has 0 radical (unpaired) electrons. The number of carbonyl (C=O) groups excluding carboxylic acids is 2. The Kier molecular flexibility index (Phi) is 8.33. The smallest absolute Gasteiger partial charge is 0.257 e. The van der Waals surface area contributed by atoms with Crippen LogP contribution in [0.3, 0.4) is 0 Å². The molecule has 3 aromatic carbocycles. The Morgan fingerprint density at radius 3 is 1.38 bits per heavy atom. The summed E-state index contributed by atoms with van der Waals surface area (Å²) >= 11 is 12.7. The number of carbonyl (C=O) groups is 2. The molecule has 190 valence electrons. The second-order valence-corrected chi connectivity index (χ2v) is 9.00. The van der Waals surface area contributed by atoms with E-state index in [-0.39, 0.29) is 33.6 Å². The van der Waals surface area contributed by atoms with Gasteiger partial charge in [0, 0.05) is 35.6 Å². The average Bonchev–Trinajstić information content (AvgIpc) is 3.61. The van der Waals surface area contributed by atoms with Crippen molar-refractivity contribution in [2.75, 3.05) is 36.8 Å². The standard InChI is InChI=1S/C26H22Cl2N6O2.ClH/c27-21-14-20(26(36)34-18-7-3-16(4-8-18)24-31-11-12-32-24)22(28)13-19(21)25(35)33-17-5-1-15(2-6-17)23-29-9-10-30-23;/h1-8,13-14H,9-12H2,(H,29,30)(H,31,32)(H,33,35)(H,34,36);1H. The van der Waals surface area contributed by atoms with Crippen LogP contribution in [0.4, 0.5) is 11.4 Å². The number of hydrogen-bond donors (Lipinski definition) is 4. The summed E-state index contributed by atoms with van der Waals surface area (Å²) in [5.41, 5.74) is 3.41. The molecule has 2 amide bonds. The van der Waals surface area contributed by atoms with Crippen molar-refractivity contribution in [2.24, 2.45) is 9.98 Å². The second-order valence-electron chi connectivity index (χ2n) is 8.19. The first-order valence-corrected chi connectivity index (χ1v) is 12.1. The third-order valence-electron chi connectivity index (χ3n) is 5.73. The number of aliphatic imine (C=N–C) groups is 2. The second kappa shape index (κ2) is 11.6. The summed E-state index contributed by atoms with van der Waals surface area (Å²) in [6.07, 6.45) is 0. The first-order chi connectivity index (χ1) is 17.5. The number of anilines is 2. The molecule has 0 fully saturated rings. The first kappa shape index (κ1) is 26.5. The molecular formula is C26H23Cl3N6O2. The van der Waals surface area contributed by atoms with Crippen LogP contribution in [0.5, 0.6) is 0 Å². The highest BCUT2D eigenvalue weighted by Crippen LogP contribution is 2.27. The summed E-state index contributed by atoms with van der Waals surface area (Å²) in [5, 5.41) is 12.2.